The normalized spacial score (nSPS) is 11.4. The van der Waals surface area contributed by atoms with E-state index in [1.165, 1.54) is 11.1 Å². The lowest BCUT2D eigenvalue weighted by Crippen LogP contribution is -2.20. The Hall–Kier alpha value is -2.39. The average molecular weight is 336 g/mol. The smallest absolute Gasteiger partial charge is 0.244 e. The van der Waals surface area contributed by atoms with Gasteiger partial charge in [-0.15, -0.1) is 0 Å². The molecular formula is C22H28N2O. The Balaban J connectivity index is 1.83. The summed E-state index contributed by atoms with van der Waals surface area (Å²) >= 11 is 0. The highest BCUT2D eigenvalue weighted by atomic mass is 16.1. The van der Waals surface area contributed by atoms with Gasteiger partial charge in [-0.25, -0.2) is 0 Å². The lowest BCUT2D eigenvalue weighted by atomic mass is 10.0. The summed E-state index contributed by atoms with van der Waals surface area (Å²) < 4.78 is 0. The van der Waals surface area contributed by atoms with E-state index in [-0.39, 0.29) is 5.91 Å². The molecule has 0 aliphatic rings. The molecule has 1 amide bonds. The molecule has 0 heterocycles. The monoisotopic (exact) mass is 336 g/mol. The van der Waals surface area contributed by atoms with E-state index in [0.29, 0.717) is 12.5 Å². The summed E-state index contributed by atoms with van der Waals surface area (Å²) in [5.41, 5.74) is 4.71. The van der Waals surface area contributed by atoms with Gasteiger partial charge in [0.25, 0.3) is 0 Å². The molecular weight excluding hydrogens is 308 g/mol. The number of carbonyl (C=O) groups is 1. The molecule has 0 bridgehead atoms. The Morgan fingerprint density at radius 1 is 1.00 bits per heavy atom. The molecule has 0 unspecified atom stereocenters. The first-order valence-electron chi connectivity index (χ1n) is 8.72. The van der Waals surface area contributed by atoms with Gasteiger partial charge in [-0.05, 0) is 48.3 Å². The van der Waals surface area contributed by atoms with Gasteiger partial charge in [0.15, 0.2) is 0 Å². The highest BCUT2D eigenvalue weighted by Crippen LogP contribution is 2.15. The van der Waals surface area contributed by atoms with E-state index in [1.54, 1.807) is 6.08 Å². The molecule has 2 aromatic rings. The number of nitrogens with one attached hydrogen (secondary N) is 1. The molecule has 1 N–H and O–H groups in total. The molecule has 0 aromatic heterocycles. The van der Waals surface area contributed by atoms with Crippen molar-refractivity contribution in [2.24, 2.45) is 0 Å². The van der Waals surface area contributed by atoms with Gasteiger partial charge in [-0.2, -0.15) is 0 Å². The van der Waals surface area contributed by atoms with Gasteiger partial charge in [0.2, 0.25) is 5.91 Å². The minimum absolute atomic E-state index is 0.0784. The van der Waals surface area contributed by atoms with E-state index >= 15 is 0 Å². The quantitative estimate of drug-likeness (QED) is 0.769. The molecule has 2 aromatic carbocycles. The maximum Gasteiger partial charge on any atom is 0.244 e. The van der Waals surface area contributed by atoms with Crippen molar-refractivity contribution in [3.8, 4) is 0 Å². The van der Waals surface area contributed by atoms with Crippen molar-refractivity contribution < 1.29 is 4.79 Å². The Morgan fingerprint density at radius 2 is 1.60 bits per heavy atom. The van der Waals surface area contributed by atoms with Crippen LogP contribution in [0.4, 0.5) is 0 Å². The third-order valence-electron chi connectivity index (χ3n) is 4.02. The highest BCUT2D eigenvalue weighted by Gasteiger charge is 2.00. The SMILES string of the molecule is CC(C)c1ccc(/C=C/C(=O)NCc2ccc(CN(C)C)cc2)cc1. The summed E-state index contributed by atoms with van der Waals surface area (Å²) in [5, 5.41) is 2.92. The van der Waals surface area contributed by atoms with E-state index in [1.807, 2.05) is 18.2 Å². The molecule has 3 nitrogen and oxygen atoms in total. The van der Waals surface area contributed by atoms with Gasteiger partial charge in [0, 0.05) is 19.2 Å². The van der Waals surface area contributed by atoms with Crippen molar-refractivity contribution in [3.63, 3.8) is 0 Å². The molecule has 2 rings (SSSR count). The van der Waals surface area contributed by atoms with Crippen molar-refractivity contribution >= 4 is 12.0 Å². The Morgan fingerprint density at radius 3 is 2.16 bits per heavy atom. The van der Waals surface area contributed by atoms with Crippen LogP contribution in [0.3, 0.4) is 0 Å². The van der Waals surface area contributed by atoms with Gasteiger partial charge >= 0.3 is 0 Å². The molecule has 0 aliphatic heterocycles. The van der Waals surface area contributed by atoms with Gasteiger partial charge in [-0.3, -0.25) is 4.79 Å². The zero-order valence-electron chi connectivity index (χ0n) is 15.6. The first kappa shape index (κ1) is 18.9. The summed E-state index contributed by atoms with van der Waals surface area (Å²) in [5.74, 6) is 0.441. The second-order valence-corrected chi connectivity index (χ2v) is 6.93. The van der Waals surface area contributed by atoms with E-state index in [0.717, 1.165) is 17.7 Å². The molecule has 0 radical (unpaired) electrons. The van der Waals surface area contributed by atoms with Crippen LogP contribution in [0.2, 0.25) is 0 Å². The molecule has 0 spiro atoms. The van der Waals surface area contributed by atoms with E-state index < -0.39 is 0 Å². The van der Waals surface area contributed by atoms with E-state index in [4.69, 9.17) is 0 Å². The summed E-state index contributed by atoms with van der Waals surface area (Å²) in [7, 11) is 4.10. The van der Waals surface area contributed by atoms with E-state index in [2.05, 4.69) is 74.6 Å². The summed E-state index contributed by atoms with van der Waals surface area (Å²) in [6.45, 7) is 5.80. The third kappa shape index (κ3) is 6.55. The number of amides is 1. The minimum Gasteiger partial charge on any atom is -0.348 e. The Kier molecular flexibility index (Phi) is 6.96. The lowest BCUT2D eigenvalue weighted by molar-refractivity contribution is -0.116. The maximum absolute atomic E-state index is 12.0. The topological polar surface area (TPSA) is 32.3 Å². The van der Waals surface area contributed by atoms with Crippen LogP contribution in [0.25, 0.3) is 6.08 Å². The lowest BCUT2D eigenvalue weighted by Gasteiger charge is -2.10. The van der Waals surface area contributed by atoms with Gasteiger partial charge < -0.3 is 10.2 Å². The molecule has 3 heteroatoms. The fraction of sp³-hybridized carbons (Fsp3) is 0.318. The van der Waals surface area contributed by atoms with Crippen LogP contribution in [-0.2, 0) is 17.9 Å². The van der Waals surface area contributed by atoms with Crippen molar-refractivity contribution in [2.75, 3.05) is 14.1 Å². The largest absolute Gasteiger partial charge is 0.348 e. The fourth-order valence-electron chi connectivity index (χ4n) is 2.54. The van der Waals surface area contributed by atoms with E-state index in [9.17, 15) is 4.79 Å². The van der Waals surface area contributed by atoms with Crippen molar-refractivity contribution in [1.82, 2.24) is 10.2 Å². The number of rotatable bonds is 7. The Labute approximate surface area is 151 Å². The van der Waals surface area contributed by atoms with Crippen molar-refractivity contribution in [1.29, 1.82) is 0 Å². The zero-order valence-corrected chi connectivity index (χ0v) is 15.6. The number of hydrogen-bond donors (Lipinski definition) is 1. The minimum atomic E-state index is -0.0784. The van der Waals surface area contributed by atoms with Crippen LogP contribution < -0.4 is 5.32 Å². The van der Waals surface area contributed by atoms with Crippen LogP contribution in [0.15, 0.2) is 54.6 Å². The van der Waals surface area contributed by atoms with Crippen LogP contribution in [0.1, 0.15) is 42.0 Å². The standard InChI is InChI=1S/C22H28N2O/c1-17(2)21-12-9-18(10-13-21)11-14-22(25)23-15-19-5-7-20(8-6-19)16-24(3)4/h5-14,17H,15-16H2,1-4H3,(H,23,25)/b14-11+. The second kappa shape index (κ2) is 9.19. The average Bonchev–Trinajstić information content (AvgIpc) is 2.59. The highest BCUT2D eigenvalue weighted by molar-refractivity contribution is 5.91. The van der Waals surface area contributed by atoms with Crippen LogP contribution >= 0.6 is 0 Å². The predicted octanol–water partition coefficient (Wildman–Crippen LogP) is 4.20. The molecule has 0 fully saturated rings. The molecule has 0 atom stereocenters. The van der Waals surface area contributed by atoms with Gasteiger partial charge in [-0.1, -0.05) is 62.4 Å². The maximum atomic E-state index is 12.0. The molecule has 0 aliphatic carbocycles. The summed E-state index contributed by atoms with van der Waals surface area (Å²) in [6.07, 6.45) is 3.43. The van der Waals surface area contributed by atoms with Crippen LogP contribution in [0.5, 0.6) is 0 Å². The molecule has 132 valence electrons. The molecule has 25 heavy (non-hydrogen) atoms. The van der Waals surface area contributed by atoms with Gasteiger partial charge in [0.1, 0.15) is 0 Å². The number of hydrogen-bond acceptors (Lipinski definition) is 2. The number of carbonyl (C=O) groups excluding carboxylic acids is 1. The molecule has 0 saturated heterocycles. The van der Waals surface area contributed by atoms with Crippen LogP contribution in [0, 0.1) is 0 Å². The fourth-order valence-corrected chi connectivity index (χ4v) is 2.54. The first-order chi connectivity index (χ1) is 11.9. The second-order valence-electron chi connectivity index (χ2n) is 6.93. The predicted molar refractivity (Wildman–Crippen MR) is 105 cm³/mol. The van der Waals surface area contributed by atoms with Gasteiger partial charge in [0.05, 0.1) is 0 Å². The first-order valence-corrected chi connectivity index (χ1v) is 8.72. The summed E-state index contributed by atoms with van der Waals surface area (Å²) in [4.78, 5) is 14.1. The summed E-state index contributed by atoms with van der Waals surface area (Å²) in [6, 6.07) is 16.6. The number of benzene rings is 2. The van der Waals surface area contributed by atoms with Crippen molar-refractivity contribution in [2.45, 2.75) is 32.9 Å². The third-order valence-corrected chi connectivity index (χ3v) is 4.02. The number of nitrogens with zero attached hydrogens (tertiary/aromatic N) is 1. The molecule has 0 saturated carbocycles. The van der Waals surface area contributed by atoms with Crippen LogP contribution in [-0.4, -0.2) is 24.9 Å². The Bertz CT molecular complexity index is 698. The zero-order chi connectivity index (χ0) is 18.2. The van der Waals surface area contributed by atoms with Crippen molar-refractivity contribution in [3.05, 3.63) is 76.9 Å².